The van der Waals surface area contributed by atoms with Crippen molar-refractivity contribution >= 4 is 5.91 Å². The highest BCUT2D eigenvalue weighted by atomic mass is 16.2. The Morgan fingerprint density at radius 2 is 1.86 bits per heavy atom. The Hall–Kier alpha value is -2.31. The van der Waals surface area contributed by atoms with Gasteiger partial charge in [0.15, 0.2) is 5.82 Å². The van der Waals surface area contributed by atoms with E-state index in [0.717, 1.165) is 43.1 Å². The third-order valence-corrected chi connectivity index (χ3v) is 5.22. The zero-order chi connectivity index (χ0) is 19.9. The molecule has 2 heterocycles. The number of carbonyl (C=O) groups excluding carboxylic acids is 1. The predicted molar refractivity (Wildman–Crippen MR) is 112 cm³/mol. The van der Waals surface area contributed by atoms with E-state index in [4.69, 9.17) is 0 Å². The smallest absolute Gasteiger partial charge is 0.223 e. The molecular weight excluding hydrogens is 350 g/mol. The number of aromatic nitrogens is 2. The lowest BCUT2D eigenvalue weighted by atomic mass is 10.1. The molecule has 1 fully saturated rings. The summed E-state index contributed by atoms with van der Waals surface area (Å²) < 4.78 is 0. The van der Waals surface area contributed by atoms with Crippen LogP contribution in [0, 0.1) is 6.92 Å². The quantitative estimate of drug-likeness (QED) is 0.747. The third-order valence-electron chi connectivity index (χ3n) is 5.22. The fraction of sp³-hybridized carbons (Fsp3) is 0.500. The standard InChI is InChI=1S/C22H31N5O/c1-17(2)26-9-11-27(12-10-26)21(28)7-8-23-14-19-15-24-22(25-16-19)20-6-4-5-18(3)13-20/h4-6,13,15-17,23H,7-12,14H2,1-3H3. The van der Waals surface area contributed by atoms with Crippen molar-refractivity contribution in [1.82, 2.24) is 25.1 Å². The van der Waals surface area contributed by atoms with Crippen molar-refractivity contribution in [1.29, 1.82) is 0 Å². The summed E-state index contributed by atoms with van der Waals surface area (Å²) in [4.78, 5) is 25.7. The number of piperazine rings is 1. The molecule has 6 nitrogen and oxygen atoms in total. The Bertz CT molecular complexity index is 767. The van der Waals surface area contributed by atoms with Crippen LogP contribution in [0.4, 0.5) is 0 Å². The first-order valence-electron chi connectivity index (χ1n) is 10.1. The molecule has 1 aromatic carbocycles. The van der Waals surface area contributed by atoms with Gasteiger partial charge in [0.05, 0.1) is 0 Å². The Balaban J connectivity index is 1.39. The van der Waals surface area contributed by atoms with Crippen molar-refractivity contribution in [2.75, 3.05) is 32.7 Å². The Kier molecular flexibility index (Phi) is 7.12. The van der Waals surface area contributed by atoms with E-state index in [1.54, 1.807) is 0 Å². The van der Waals surface area contributed by atoms with Crippen molar-refractivity contribution < 1.29 is 4.79 Å². The lowest BCUT2D eigenvalue weighted by Crippen LogP contribution is -2.51. The summed E-state index contributed by atoms with van der Waals surface area (Å²) in [7, 11) is 0. The summed E-state index contributed by atoms with van der Waals surface area (Å²) in [5, 5.41) is 3.33. The lowest BCUT2D eigenvalue weighted by molar-refractivity contribution is -0.133. The van der Waals surface area contributed by atoms with Gasteiger partial charge in [-0.3, -0.25) is 9.69 Å². The molecule has 1 N–H and O–H groups in total. The summed E-state index contributed by atoms with van der Waals surface area (Å²) in [6.45, 7) is 11.4. The van der Waals surface area contributed by atoms with Crippen LogP contribution in [0.5, 0.6) is 0 Å². The van der Waals surface area contributed by atoms with Gasteiger partial charge in [0.1, 0.15) is 0 Å². The summed E-state index contributed by atoms with van der Waals surface area (Å²) in [5.74, 6) is 0.977. The first-order chi connectivity index (χ1) is 13.5. The van der Waals surface area contributed by atoms with Crippen LogP contribution in [0.25, 0.3) is 11.4 Å². The molecule has 0 aliphatic carbocycles. The van der Waals surface area contributed by atoms with Crippen molar-refractivity contribution in [2.45, 2.75) is 39.8 Å². The topological polar surface area (TPSA) is 61.4 Å². The summed E-state index contributed by atoms with van der Waals surface area (Å²) in [6.07, 6.45) is 4.24. The molecule has 0 unspecified atom stereocenters. The number of hydrogen-bond acceptors (Lipinski definition) is 5. The molecule has 0 bridgehead atoms. The molecule has 1 aliphatic heterocycles. The number of hydrogen-bond donors (Lipinski definition) is 1. The molecule has 150 valence electrons. The second kappa shape index (κ2) is 9.75. The monoisotopic (exact) mass is 381 g/mol. The van der Waals surface area contributed by atoms with Crippen LogP contribution in [0.1, 0.15) is 31.4 Å². The van der Waals surface area contributed by atoms with E-state index in [1.165, 1.54) is 5.56 Å². The van der Waals surface area contributed by atoms with Gasteiger partial charge in [-0.15, -0.1) is 0 Å². The van der Waals surface area contributed by atoms with Gasteiger partial charge in [-0.1, -0.05) is 23.8 Å². The fourth-order valence-electron chi connectivity index (χ4n) is 3.45. The minimum absolute atomic E-state index is 0.238. The highest BCUT2D eigenvalue weighted by Gasteiger charge is 2.21. The molecule has 1 amide bonds. The number of amides is 1. The van der Waals surface area contributed by atoms with Crippen LogP contribution in [-0.2, 0) is 11.3 Å². The minimum atomic E-state index is 0.238. The first kappa shape index (κ1) is 20.4. The molecule has 3 rings (SSSR count). The molecular formula is C22H31N5O. The van der Waals surface area contributed by atoms with E-state index in [0.29, 0.717) is 25.6 Å². The Morgan fingerprint density at radius 1 is 1.14 bits per heavy atom. The fourth-order valence-corrected chi connectivity index (χ4v) is 3.45. The normalized spacial score (nSPS) is 15.2. The average Bonchev–Trinajstić information content (AvgIpc) is 2.71. The maximum Gasteiger partial charge on any atom is 0.223 e. The molecule has 28 heavy (non-hydrogen) atoms. The van der Waals surface area contributed by atoms with Gasteiger partial charge in [-0.05, 0) is 26.8 Å². The second-order valence-electron chi connectivity index (χ2n) is 7.72. The summed E-state index contributed by atoms with van der Waals surface area (Å²) in [6, 6.07) is 8.74. The number of carbonyl (C=O) groups is 1. The Labute approximate surface area is 168 Å². The van der Waals surface area contributed by atoms with Crippen LogP contribution < -0.4 is 5.32 Å². The van der Waals surface area contributed by atoms with Gasteiger partial charge in [0.25, 0.3) is 0 Å². The van der Waals surface area contributed by atoms with Crippen LogP contribution in [-0.4, -0.2) is 64.4 Å². The molecule has 2 aromatic rings. The highest BCUT2D eigenvalue weighted by Crippen LogP contribution is 2.15. The van der Waals surface area contributed by atoms with E-state index >= 15 is 0 Å². The minimum Gasteiger partial charge on any atom is -0.340 e. The summed E-state index contributed by atoms with van der Waals surface area (Å²) >= 11 is 0. The SMILES string of the molecule is Cc1cccc(-c2ncc(CNCCC(=O)N3CCN(C(C)C)CC3)cn2)c1. The van der Waals surface area contributed by atoms with Crippen molar-refractivity contribution in [3.05, 3.63) is 47.8 Å². The van der Waals surface area contributed by atoms with Gasteiger partial charge in [0, 0.05) is 75.3 Å². The molecule has 1 aliphatic rings. The van der Waals surface area contributed by atoms with Gasteiger partial charge >= 0.3 is 0 Å². The lowest BCUT2D eigenvalue weighted by Gasteiger charge is -2.37. The number of benzene rings is 1. The molecule has 0 atom stereocenters. The molecule has 1 saturated heterocycles. The maximum absolute atomic E-state index is 12.4. The third kappa shape index (κ3) is 5.59. The molecule has 0 saturated carbocycles. The molecule has 1 aromatic heterocycles. The van der Waals surface area contributed by atoms with E-state index in [1.807, 2.05) is 29.4 Å². The van der Waals surface area contributed by atoms with Crippen LogP contribution >= 0.6 is 0 Å². The zero-order valence-corrected chi connectivity index (χ0v) is 17.2. The van der Waals surface area contributed by atoms with E-state index in [-0.39, 0.29) is 5.91 Å². The van der Waals surface area contributed by atoms with Crippen LogP contribution in [0.2, 0.25) is 0 Å². The predicted octanol–water partition coefficient (Wildman–Crippen LogP) is 2.48. The van der Waals surface area contributed by atoms with E-state index in [9.17, 15) is 4.79 Å². The van der Waals surface area contributed by atoms with E-state index in [2.05, 4.69) is 53.1 Å². The number of rotatable bonds is 7. The Morgan fingerprint density at radius 3 is 2.50 bits per heavy atom. The van der Waals surface area contributed by atoms with E-state index < -0.39 is 0 Å². The van der Waals surface area contributed by atoms with Crippen molar-refractivity contribution in [3.8, 4) is 11.4 Å². The molecule has 0 spiro atoms. The second-order valence-corrected chi connectivity index (χ2v) is 7.72. The van der Waals surface area contributed by atoms with Gasteiger partial charge in [-0.25, -0.2) is 9.97 Å². The van der Waals surface area contributed by atoms with Crippen LogP contribution in [0.15, 0.2) is 36.7 Å². The molecule has 6 heteroatoms. The van der Waals surface area contributed by atoms with Gasteiger partial charge < -0.3 is 10.2 Å². The van der Waals surface area contributed by atoms with Crippen molar-refractivity contribution in [2.24, 2.45) is 0 Å². The van der Waals surface area contributed by atoms with Gasteiger partial charge in [-0.2, -0.15) is 0 Å². The zero-order valence-electron chi connectivity index (χ0n) is 17.2. The highest BCUT2D eigenvalue weighted by molar-refractivity contribution is 5.76. The average molecular weight is 382 g/mol. The van der Waals surface area contributed by atoms with Gasteiger partial charge in [0.2, 0.25) is 5.91 Å². The number of nitrogens with one attached hydrogen (secondary N) is 1. The van der Waals surface area contributed by atoms with Crippen LogP contribution in [0.3, 0.4) is 0 Å². The maximum atomic E-state index is 12.4. The number of nitrogens with zero attached hydrogens (tertiary/aromatic N) is 4. The first-order valence-corrected chi connectivity index (χ1v) is 10.1. The number of aryl methyl sites for hydroxylation is 1. The molecule has 0 radical (unpaired) electrons. The van der Waals surface area contributed by atoms with Crippen molar-refractivity contribution in [3.63, 3.8) is 0 Å². The largest absolute Gasteiger partial charge is 0.340 e. The summed E-state index contributed by atoms with van der Waals surface area (Å²) in [5.41, 5.74) is 3.25.